The first-order valence-electron chi connectivity index (χ1n) is 9.14. The van der Waals surface area contributed by atoms with Crippen molar-refractivity contribution in [3.63, 3.8) is 0 Å². The number of nitrogens with zero attached hydrogens (tertiary/aromatic N) is 2. The molecule has 3 aromatic rings. The maximum absolute atomic E-state index is 13.1. The van der Waals surface area contributed by atoms with Gasteiger partial charge in [0.05, 0.1) is 13.2 Å². The molecule has 1 aromatic heterocycles. The van der Waals surface area contributed by atoms with Gasteiger partial charge in [0, 0.05) is 18.2 Å². The van der Waals surface area contributed by atoms with Crippen LogP contribution in [0.15, 0.2) is 59.1 Å². The normalized spacial score (nSPS) is 16.5. The van der Waals surface area contributed by atoms with Crippen LogP contribution in [-0.2, 0) is 0 Å². The van der Waals surface area contributed by atoms with E-state index in [1.54, 1.807) is 13.2 Å². The molecule has 1 aliphatic rings. The summed E-state index contributed by atoms with van der Waals surface area (Å²) in [6, 6.07) is 17.7. The number of ether oxygens (including phenoxy) is 1. The van der Waals surface area contributed by atoms with Crippen LogP contribution in [0.3, 0.4) is 0 Å². The molecule has 138 valence electrons. The van der Waals surface area contributed by atoms with Crippen LogP contribution in [0.1, 0.15) is 40.6 Å². The number of amides is 1. The standard InChI is InChI=1S/C22H22N2O3/c1-15-6-3-8-17(12-15)20-10-5-11-24(20)22(25)21-14-19(23-27-21)16-7-4-9-18(13-16)26-2/h3-4,6-9,12-14,20H,5,10-11H2,1-2H3. The third-order valence-electron chi connectivity index (χ3n) is 5.03. The zero-order valence-corrected chi connectivity index (χ0v) is 15.5. The number of hydrogen-bond acceptors (Lipinski definition) is 4. The van der Waals surface area contributed by atoms with Crippen molar-refractivity contribution < 1.29 is 14.1 Å². The smallest absolute Gasteiger partial charge is 0.292 e. The topological polar surface area (TPSA) is 55.6 Å². The molecule has 2 aromatic carbocycles. The second kappa shape index (κ2) is 7.27. The molecule has 1 aliphatic heterocycles. The summed E-state index contributed by atoms with van der Waals surface area (Å²) < 4.78 is 10.6. The summed E-state index contributed by atoms with van der Waals surface area (Å²) >= 11 is 0. The van der Waals surface area contributed by atoms with E-state index in [1.165, 1.54) is 11.1 Å². The van der Waals surface area contributed by atoms with Crippen molar-refractivity contribution in [2.75, 3.05) is 13.7 Å². The first kappa shape index (κ1) is 17.3. The molecular weight excluding hydrogens is 340 g/mol. The van der Waals surface area contributed by atoms with E-state index in [9.17, 15) is 4.79 Å². The monoisotopic (exact) mass is 362 g/mol. The fraction of sp³-hybridized carbons (Fsp3) is 0.273. The molecule has 1 fully saturated rings. The predicted octanol–water partition coefficient (Wildman–Crippen LogP) is 4.64. The molecule has 1 unspecified atom stereocenters. The molecule has 2 heterocycles. The Balaban J connectivity index is 1.58. The summed E-state index contributed by atoms with van der Waals surface area (Å²) in [6.07, 6.45) is 1.95. The number of aryl methyl sites for hydroxylation is 1. The van der Waals surface area contributed by atoms with Crippen LogP contribution < -0.4 is 4.74 Å². The lowest BCUT2D eigenvalue weighted by Crippen LogP contribution is -2.30. The quantitative estimate of drug-likeness (QED) is 0.679. The Morgan fingerprint density at radius 2 is 2.04 bits per heavy atom. The highest BCUT2D eigenvalue weighted by Crippen LogP contribution is 2.34. The van der Waals surface area contributed by atoms with Crippen LogP contribution in [0.4, 0.5) is 0 Å². The zero-order valence-electron chi connectivity index (χ0n) is 15.5. The molecule has 0 N–H and O–H groups in total. The summed E-state index contributed by atoms with van der Waals surface area (Å²) in [6.45, 7) is 2.80. The Kier molecular flexibility index (Phi) is 4.67. The molecule has 27 heavy (non-hydrogen) atoms. The number of methoxy groups -OCH3 is 1. The number of aromatic nitrogens is 1. The minimum Gasteiger partial charge on any atom is -0.497 e. The molecule has 5 nitrogen and oxygen atoms in total. The Hall–Kier alpha value is -3.08. The highest BCUT2D eigenvalue weighted by Gasteiger charge is 2.32. The van der Waals surface area contributed by atoms with Crippen molar-refractivity contribution in [1.29, 1.82) is 0 Å². The maximum atomic E-state index is 13.1. The van der Waals surface area contributed by atoms with Crippen LogP contribution in [0, 0.1) is 6.92 Å². The molecule has 1 atom stereocenters. The van der Waals surface area contributed by atoms with Crippen molar-refractivity contribution in [2.24, 2.45) is 0 Å². The molecule has 0 radical (unpaired) electrons. The molecule has 1 amide bonds. The Bertz CT molecular complexity index is 963. The molecule has 1 saturated heterocycles. The third kappa shape index (κ3) is 3.45. The first-order chi connectivity index (χ1) is 13.2. The summed E-state index contributed by atoms with van der Waals surface area (Å²) in [5, 5.41) is 4.09. The minimum absolute atomic E-state index is 0.0859. The molecule has 5 heteroatoms. The van der Waals surface area contributed by atoms with Crippen molar-refractivity contribution in [2.45, 2.75) is 25.8 Å². The van der Waals surface area contributed by atoms with Gasteiger partial charge in [0.25, 0.3) is 5.91 Å². The van der Waals surface area contributed by atoms with Gasteiger partial charge in [0.1, 0.15) is 11.4 Å². The van der Waals surface area contributed by atoms with E-state index in [4.69, 9.17) is 9.26 Å². The lowest BCUT2D eigenvalue weighted by molar-refractivity contribution is 0.0693. The molecule has 0 saturated carbocycles. The summed E-state index contributed by atoms with van der Waals surface area (Å²) in [7, 11) is 1.62. The fourth-order valence-corrected chi connectivity index (χ4v) is 3.67. The van der Waals surface area contributed by atoms with E-state index in [0.29, 0.717) is 5.69 Å². The van der Waals surface area contributed by atoms with Crippen LogP contribution >= 0.6 is 0 Å². The van der Waals surface area contributed by atoms with Crippen molar-refractivity contribution >= 4 is 5.91 Å². The van der Waals surface area contributed by atoms with Gasteiger partial charge in [-0.25, -0.2) is 0 Å². The fourth-order valence-electron chi connectivity index (χ4n) is 3.67. The number of benzene rings is 2. The third-order valence-corrected chi connectivity index (χ3v) is 5.03. The molecule has 0 bridgehead atoms. The summed E-state index contributed by atoms with van der Waals surface area (Å²) in [5.41, 5.74) is 3.86. The van der Waals surface area contributed by atoms with Gasteiger partial charge in [-0.15, -0.1) is 0 Å². The van der Waals surface area contributed by atoms with Gasteiger partial charge in [-0.2, -0.15) is 0 Å². The highest BCUT2D eigenvalue weighted by atomic mass is 16.5. The van der Waals surface area contributed by atoms with Crippen LogP contribution in [0.2, 0.25) is 0 Å². The van der Waals surface area contributed by atoms with Crippen molar-refractivity contribution in [3.8, 4) is 17.0 Å². The van der Waals surface area contributed by atoms with Gasteiger partial charge in [0.2, 0.25) is 5.76 Å². The zero-order chi connectivity index (χ0) is 18.8. The van der Waals surface area contributed by atoms with Gasteiger partial charge in [-0.05, 0) is 37.5 Å². The number of likely N-dealkylation sites (tertiary alicyclic amines) is 1. The number of carbonyl (C=O) groups excluding carboxylic acids is 1. The second-order valence-corrected chi connectivity index (χ2v) is 6.88. The van der Waals surface area contributed by atoms with E-state index in [1.807, 2.05) is 35.2 Å². The van der Waals surface area contributed by atoms with E-state index >= 15 is 0 Å². The van der Waals surface area contributed by atoms with Crippen LogP contribution in [0.25, 0.3) is 11.3 Å². The van der Waals surface area contributed by atoms with Crippen molar-refractivity contribution in [1.82, 2.24) is 10.1 Å². The van der Waals surface area contributed by atoms with E-state index in [-0.39, 0.29) is 17.7 Å². The van der Waals surface area contributed by atoms with Gasteiger partial charge in [-0.3, -0.25) is 4.79 Å². The van der Waals surface area contributed by atoms with Gasteiger partial charge in [-0.1, -0.05) is 47.1 Å². The largest absolute Gasteiger partial charge is 0.497 e. The van der Waals surface area contributed by atoms with Gasteiger partial charge < -0.3 is 14.2 Å². The second-order valence-electron chi connectivity index (χ2n) is 6.88. The van der Waals surface area contributed by atoms with Crippen LogP contribution in [-0.4, -0.2) is 29.6 Å². The average Bonchev–Trinajstić information content (AvgIpc) is 3.37. The summed E-state index contributed by atoms with van der Waals surface area (Å²) in [5.74, 6) is 0.899. The minimum atomic E-state index is -0.111. The lowest BCUT2D eigenvalue weighted by Gasteiger charge is -2.24. The van der Waals surface area contributed by atoms with Gasteiger partial charge in [0.15, 0.2) is 0 Å². The summed E-state index contributed by atoms with van der Waals surface area (Å²) in [4.78, 5) is 14.9. The average molecular weight is 362 g/mol. The molecule has 4 rings (SSSR count). The number of rotatable bonds is 4. The molecule has 0 spiro atoms. The Morgan fingerprint density at radius 3 is 2.85 bits per heavy atom. The number of carbonyl (C=O) groups is 1. The Morgan fingerprint density at radius 1 is 1.19 bits per heavy atom. The van der Waals surface area contributed by atoms with E-state index < -0.39 is 0 Å². The van der Waals surface area contributed by atoms with E-state index in [2.05, 4.69) is 30.3 Å². The maximum Gasteiger partial charge on any atom is 0.292 e. The number of hydrogen-bond donors (Lipinski definition) is 0. The van der Waals surface area contributed by atoms with E-state index in [0.717, 1.165) is 30.7 Å². The van der Waals surface area contributed by atoms with Crippen molar-refractivity contribution in [3.05, 3.63) is 71.5 Å². The SMILES string of the molecule is COc1cccc(-c2cc(C(=O)N3CCCC3c3cccc(C)c3)on2)c1. The lowest BCUT2D eigenvalue weighted by atomic mass is 10.0. The highest BCUT2D eigenvalue weighted by molar-refractivity contribution is 5.93. The van der Waals surface area contributed by atoms with Gasteiger partial charge >= 0.3 is 0 Å². The molecule has 0 aliphatic carbocycles. The first-order valence-corrected chi connectivity index (χ1v) is 9.14. The predicted molar refractivity (Wildman–Crippen MR) is 103 cm³/mol. The van der Waals surface area contributed by atoms with Crippen LogP contribution in [0.5, 0.6) is 5.75 Å². The molecular formula is C22H22N2O3. The Labute approximate surface area is 158 Å².